The third-order valence-electron chi connectivity index (χ3n) is 3.69. The van der Waals surface area contributed by atoms with Crippen molar-refractivity contribution in [3.8, 4) is 5.75 Å². The topological polar surface area (TPSA) is 29.5 Å². The second-order valence-corrected chi connectivity index (χ2v) is 6.91. The Morgan fingerprint density at radius 2 is 1.75 bits per heavy atom. The van der Waals surface area contributed by atoms with Gasteiger partial charge in [0, 0.05) is 30.7 Å². The lowest BCUT2D eigenvalue weighted by atomic mass is 10.2. The summed E-state index contributed by atoms with van der Waals surface area (Å²) < 4.78 is 5.43. The monoisotopic (exact) mass is 343 g/mol. The molecule has 0 saturated carbocycles. The average Bonchev–Trinajstić information content (AvgIpc) is 2.58. The van der Waals surface area contributed by atoms with Crippen LogP contribution in [-0.2, 0) is 11.3 Å². The Bertz CT molecular complexity index is 638. The zero-order chi connectivity index (χ0) is 17.4. The zero-order valence-corrected chi connectivity index (χ0v) is 15.4. The zero-order valence-electron chi connectivity index (χ0n) is 14.6. The summed E-state index contributed by atoms with van der Waals surface area (Å²) in [6.45, 7) is 5.33. The van der Waals surface area contributed by atoms with Gasteiger partial charge in [0.15, 0.2) is 0 Å². The van der Waals surface area contributed by atoms with Gasteiger partial charge in [-0.05, 0) is 43.7 Å². The van der Waals surface area contributed by atoms with Crippen LogP contribution in [0.5, 0.6) is 5.75 Å². The van der Waals surface area contributed by atoms with E-state index in [2.05, 4.69) is 31.2 Å². The van der Waals surface area contributed by atoms with E-state index >= 15 is 0 Å². The standard InChI is InChI=1S/C20H25NO2S/c1-4-23-18-9-7-17(8-10-18)15-21(3)20(22)13-14-24-19-11-5-16(2)6-12-19/h5-12H,4,13-15H2,1-3H3. The van der Waals surface area contributed by atoms with Gasteiger partial charge in [0.2, 0.25) is 5.91 Å². The Labute approximate surface area is 149 Å². The quantitative estimate of drug-likeness (QED) is 0.659. The molecule has 0 radical (unpaired) electrons. The normalized spacial score (nSPS) is 10.5. The van der Waals surface area contributed by atoms with E-state index in [1.807, 2.05) is 38.2 Å². The van der Waals surface area contributed by atoms with Crippen LogP contribution < -0.4 is 4.74 Å². The lowest BCUT2D eigenvalue weighted by Gasteiger charge is -2.17. The molecule has 2 rings (SSSR count). The molecule has 0 spiro atoms. The Hall–Kier alpha value is -1.94. The molecule has 0 saturated heterocycles. The van der Waals surface area contributed by atoms with Gasteiger partial charge in [-0.3, -0.25) is 4.79 Å². The first-order valence-corrected chi connectivity index (χ1v) is 9.22. The van der Waals surface area contributed by atoms with Gasteiger partial charge in [0.1, 0.15) is 5.75 Å². The highest BCUT2D eigenvalue weighted by molar-refractivity contribution is 7.99. The molecule has 24 heavy (non-hydrogen) atoms. The van der Waals surface area contributed by atoms with E-state index in [-0.39, 0.29) is 5.91 Å². The van der Waals surface area contributed by atoms with E-state index in [1.54, 1.807) is 16.7 Å². The summed E-state index contributed by atoms with van der Waals surface area (Å²) in [4.78, 5) is 15.2. The number of hydrogen-bond acceptors (Lipinski definition) is 3. The van der Waals surface area contributed by atoms with E-state index in [0.29, 0.717) is 19.6 Å². The number of carbonyl (C=O) groups is 1. The minimum absolute atomic E-state index is 0.170. The molecule has 0 aliphatic heterocycles. The summed E-state index contributed by atoms with van der Waals surface area (Å²) in [5, 5.41) is 0. The molecule has 0 aromatic heterocycles. The number of rotatable bonds is 8. The number of amides is 1. The highest BCUT2D eigenvalue weighted by atomic mass is 32.2. The van der Waals surface area contributed by atoms with Gasteiger partial charge in [-0.25, -0.2) is 0 Å². The summed E-state index contributed by atoms with van der Waals surface area (Å²) in [6.07, 6.45) is 0.548. The number of hydrogen-bond donors (Lipinski definition) is 0. The summed E-state index contributed by atoms with van der Waals surface area (Å²) in [6, 6.07) is 16.3. The van der Waals surface area contributed by atoms with Crippen molar-refractivity contribution in [1.29, 1.82) is 0 Å². The van der Waals surface area contributed by atoms with Gasteiger partial charge < -0.3 is 9.64 Å². The molecule has 0 unspecified atom stereocenters. The second kappa shape index (κ2) is 9.38. The van der Waals surface area contributed by atoms with Gasteiger partial charge >= 0.3 is 0 Å². The minimum Gasteiger partial charge on any atom is -0.494 e. The van der Waals surface area contributed by atoms with Crippen LogP contribution in [0.4, 0.5) is 0 Å². The van der Waals surface area contributed by atoms with Crippen molar-refractivity contribution in [1.82, 2.24) is 4.90 Å². The summed E-state index contributed by atoms with van der Waals surface area (Å²) in [5.41, 5.74) is 2.37. The van der Waals surface area contributed by atoms with Crippen LogP contribution in [0.3, 0.4) is 0 Å². The maximum atomic E-state index is 12.2. The van der Waals surface area contributed by atoms with Crippen LogP contribution in [0.15, 0.2) is 53.4 Å². The maximum absolute atomic E-state index is 12.2. The van der Waals surface area contributed by atoms with Crippen LogP contribution in [0.1, 0.15) is 24.5 Å². The van der Waals surface area contributed by atoms with Crippen molar-refractivity contribution in [2.45, 2.75) is 31.7 Å². The number of aryl methyl sites for hydroxylation is 1. The molecule has 128 valence electrons. The van der Waals surface area contributed by atoms with Gasteiger partial charge in [-0.2, -0.15) is 0 Å². The van der Waals surface area contributed by atoms with E-state index in [4.69, 9.17) is 4.74 Å². The molecule has 0 heterocycles. The van der Waals surface area contributed by atoms with Crippen LogP contribution in [0.2, 0.25) is 0 Å². The van der Waals surface area contributed by atoms with Crippen molar-refractivity contribution in [3.05, 3.63) is 59.7 Å². The molecule has 2 aromatic carbocycles. The average molecular weight is 343 g/mol. The molecular weight excluding hydrogens is 318 g/mol. The Morgan fingerprint density at radius 3 is 2.38 bits per heavy atom. The smallest absolute Gasteiger partial charge is 0.223 e. The molecule has 0 aliphatic rings. The van der Waals surface area contributed by atoms with Gasteiger partial charge in [-0.1, -0.05) is 29.8 Å². The van der Waals surface area contributed by atoms with E-state index < -0.39 is 0 Å². The largest absolute Gasteiger partial charge is 0.494 e. The predicted molar refractivity (Wildman–Crippen MR) is 101 cm³/mol. The van der Waals surface area contributed by atoms with Crippen molar-refractivity contribution in [2.75, 3.05) is 19.4 Å². The van der Waals surface area contributed by atoms with Crippen LogP contribution in [0.25, 0.3) is 0 Å². The van der Waals surface area contributed by atoms with Crippen molar-refractivity contribution < 1.29 is 9.53 Å². The lowest BCUT2D eigenvalue weighted by Crippen LogP contribution is -2.26. The first kappa shape index (κ1) is 18.4. The fraction of sp³-hybridized carbons (Fsp3) is 0.350. The molecule has 4 heteroatoms. The summed E-state index contributed by atoms with van der Waals surface area (Å²) in [7, 11) is 1.86. The van der Waals surface area contributed by atoms with Crippen LogP contribution in [0, 0.1) is 6.92 Å². The molecule has 0 N–H and O–H groups in total. The van der Waals surface area contributed by atoms with E-state index in [1.165, 1.54) is 10.5 Å². The number of benzene rings is 2. The van der Waals surface area contributed by atoms with Crippen molar-refractivity contribution in [3.63, 3.8) is 0 Å². The number of thioether (sulfide) groups is 1. The fourth-order valence-corrected chi connectivity index (χ4v) is 3.14. The molecule has 0 atom stereocenters. The highest BCUT2D eigenvalue weighted by Gasteiger charge is 2.09. The number of carbonyl (C=O) groups excluding carboxylic acids is 1. The molecular formula is C20H25NO2S. The Kier molecular flexibility index (Phi) is 7.19. The lowest BCUT2D eigenvalue weighted by molar-refractivity contribution is -0.129. The first-order chi connectivity index (χ1) is 11.6. The van der Waals surface area contributed by atoms with Gasteiger partial charge in [0.25, 0.3) is 0 Å². The van der Waals surface area contributed by atoms with Crippen LogP contribution in [-0.4, -0.2) is 30.2 Å². The SMILES string of the molecule is CCOc1ccc(CN(C)C(=O)CCSc2ccc(C)cc2)cc1. The van der Waals surface area contributed by atoms with Gasteiger partial charge in [-0.15, -0.1) is 11.8 Å². The third-order valence-corrected chi connectivity index (χ3v) is 4.70. The summed E-state index contributed by atoms with van der Waals surface area (Å²) >= 11 is 1.72. The van der Waals surface area contributed by atoms with Crippen LogP contribution >= 0.6 is 11.8 Å². The molecule has 0 fully saturated rings. The molecule has 1 amide bonds. The Balaban J connectivity index is 1.76. The highest BCUT2D eigenvalue weighted by Crippen LogP contribution is 2.19. The van der Waals surface area contributed by atoms with Crippen molar-refractivity contribution in [2.24, 2.45) is 0 Å². The van der Waals surface area contributed by atoms with Crippen molar-refractivity contribution >= 4 is 17.7 Å². The fourth-order valence-electron chi connectivity index (χ4n) is 2.30. The molecule has 3 nitrogen and oxygen atoms in total. The number of ether oxygens (including phenoxy) is 1. The maximum Gasteiger partial charge on any atom is 0.223 e. The van der Waals surface area contributed by atoms with E-state index in [0.717, 1.165) is 17.1 Å². The minimum atomic E-state index is 0.170. The molecule has 0 bridgehead atoms. The second-order valence-electron chi connectivity index (χ2n) is 5.74. The number of nitrogens with zero attached hydrogens (tertiary/aromatic N) is 1. The third kappa shape index (κ3) is 5.93. The molecule has 0 aliphatic carbocycles. The summed E-state index contributed by atoms with van der Waals surface area (Å²) in [5.74, 6) is 1.84. The predicted octanol–water partition coefficient (Wildman–Crippen LogP) is 4.53. The van der Waals surface area contributed by atoms with Gasteiger partial charge in [0.05, 0.1) is 6.61 Å². The van der Waals surface area contributed by atoms with E-state index in [9.17, 15) is 4.79 Å². The Morgan fingerprint density at radius 1 is 1.08 bits per heavy atom. The first-order valence-electron chi connectivity index (χ1n) is 8.23. The molecule has 2 aromatic rings.